The largest absolute Gasteiger partial charge is 0.416 e. The summed E-state index contributed by atoms with van der Waals surface area (Å²) in [5.74, 6) is -0.218. The van der Waals surface area contributed by atoms with Crippen molar-refractivity contribution in [2.24, 2.45) is 0 Å². The predicted molar refractivity (Wildman–Crippen MR) is 132 cm³/mol. The summed E-state index contributed by atoms with van der Waals surface area (Å²) in [6.45, 7) is 2.34. The van der Waals surface area contributed by atoms with Gasteiger partial charge in [-0.25, -0.2) is 4.98 Å². The molecule has 1 amide bonds. The fourth-order valence-corrected chi connectivity index (χ4v) is 4.57. The molecule has 1 fully saturated rings. The molecule has 5 nitrogen and oxygen atoms in total. The molecule has 0 spiro atoms. The smallest absolute Gasteiger partial charge is 0.349 e. The molecule has 1 N–H and O–H groups in total. The molecule has 1 aromatic heterocycles. The maximum absolute atomic E-state index is 13.1. The number of aromatic nitrogens is 2. The van der Waals surface area contributed by atoms with E-state index in [4.69, 9.17) is 4.98 Å². The Bertz CT molecular complexity index is 1360. The van der Waals surface area contributed by atoms with E-state index < -0.39 is 11.7 Å². The number of nitrogens with zero attached hydrogens (tertiary/aromatic N) is 3. The molecular weight excluding hydrogens is 465 g/mol. The Hall–Kier alpha value is -3.78. The highest BCUT2D eigenvalue weighted by molar-refractivity contribution is 6.01. The van der Waals surface area contributed by atoms with Gasteiger partial charge >= 0.3 is 6.18 Å². The standard InChI is InChI=1S/C28H25F3N4O/c29-28(30,31)20-11-9-19(10-12-20)23-5-1-2-6-24(23)27(36)34-21-13-15-35(16-14-21)18-22-17-32-25-7-3-4-8-26(25)33-22/h1-12,17,21H,13-16,18H2,(H,34,36). The lowest BCUT2D eigenvalue weighted by molar-refractivity contribution is -0.137. The summed E-state index contributed by atoms with van der Waals surface area (Å²) < 4.78 is 38.8. The van der Waals surface area contributed by atoms with Gasteiger partial charge in [0.2, 0.25) is 0 Å². The van der Waals surface area contributed by atoms with Gasteiger partial charge in [0.25, 0.3) is 5.91 Å². The Kier molecular flexibility index (Phi) is 6.69. The third-order valence-corrected chi connectivity index (χ3v) is 6.50. The van der Waals surface area contributed by atoms with E-state index in [0.717, 1.165) is 54.8 Å². The summed E-state index contributed by atoms with van der Waals surface area (Å²) in [4.78, 5) is 24.6. The first-order chi connectivity index (χ1) is 17.4. The zero-order chi connectivity index (χ0) is 25.1. The van der Waals surface area contributed by atoms with Crippen LogP contribution >= 0.6 is 0 Å². The number of benzene rings is 3. The number of nitrogens with one attached hydrogen (secondary N) is 1. The Morgan fingerprint density at radius 2 is 1.58 bits per heavy atom. The zero-order valence-electron chi connectivity index (χ0n) is 19.5. The summed E-state index contributed by atoms with van der Waals surface area (Å²) in [5, 5.41) is 3.12. The van der Waals surface area contributed by atoms with Gasteiger partial charge in [-0.1, -0.05) is 42.5 Å². The lowest BCUT2D eigenvalue weighted by atomic mass is 9.97. The van der Waals surface area contributed by atoms with Crippen molar-refractivity contribution in [3.05, 3.63) is 95.8 Å². The molecule has 0 atom stereocenters. The second-order valence-electron chi connectivity index (χ2n) is 8.99. The number of carbonyl (C=O) groups is 1. The molecule has 4 aromatic rings. The summed E-state index contributed by atoms with van der Waals surface area (Å²) in [5.41, 5.74) is 3.58. The van der Waals surface area contributed by atoms with Gasteiger partial charge in [-0.3, -0.25) is 14.7 Å². The lowest BCUT2D eigenvalue weighted by Gasteiger charge is -2.32. The first kappa shape index (κ1) is 23.9. The Morgan fingerprint density at radius 3 is 2.31 bits per heavy atom. The van der Waals surface area contributed by atoms with Crippen LogP contribution in [-0.4, -0.2) is 39.9 Å². The van der Waals surface area contributed by atoms with Crippen molar-refractivity contribution in [3.8, 4) is 11.1 Å². The molecule has 0 aliphatic carbocycles. The van der Waals surface area contributed by atoms with Gasteiger partial charge in [0.05, 0.1) is 28.5 Å². The topological polar surface area (TPSA) is 58.1 Å². The number of hydrogen-bond donors (Lipinski definition) is 1. The van der Waals surface area contributed by atoms with Crippen LogP contribution in [-0.2, 0) is 12.7 Å². The van der Waals surface area contributed by atoms with Crippen LogP contribution in [0.5, 0.6) is 0 Å². The minimum atomic E-state index is -4.40. The molecule has 184 valence electrons. The van der Waals surface area contributed by atoms with Gasteiger partial charge in [-0.2, -0.15) is 13.2 Å². The number of rotatable bonds is 5. The van der Waals surface area contributed by atoms with Crippen LogP contribution in [0, 0.1) is 0 Å². The molecule has 3 aromatic carbocycles. The fourth-order valence-electron chi connectivity index (χ4n) is 4.57. The van der Waals surface area contributed by atoms with E-state index in [9.17, 15) is 18.0 Å². The van der Waals surface area contributed by atoms with Crippen molar-refractivity contribution in [3.63, 3.8) is 0 Å². The molecule has 0 bridgehead atoms. The van der Waals surface area contributed by atoms with E-state index in [0.29, 0.717) is 23.2 Å². The van der Waals surface area contributed by atoms with E-state index in [2.05, 4.69) is 15.2 Å². The van der Waals surface area contributed by atoms with Gasteiger partial charge in [-0.15, -0.1) is 0 Å². The monoisotopic (exact) mass is 490 g/mol. The summed E-state index contributed by atoms with van der Waals surface area (Å²) in [6, 6.07) is 19.7. The molecule has 0 unspecified atom stereocenters. The number of piperidine rings is 1. The highest BCUT2D eigenvalue weighted by Crippen LogP contribution is 2.32. The summed E-state index contributed by atoms with van der Waals surface area (Å²) in [7, 11) is 0. The second kappa shape index (κ2) is 10.1. The Balaban J connectivity index is 1.20. The van der Waals surface area contributed by atoms with Gasteiger partial charge in [0.1, 0.15) is 0 Å². The van der Waals surface area contributed by atoms with Crippen molar-refractivity contribution in [1.29, 1.82) is 0 Å². The van der Waals surface area contributed by atoms with Crippen LogP contribution in [0.4, 0.5) is 13.2 Å². The zero-order valence-corrected chi connectivity index (χ0v) is 19.5. The van der Waals surface area contributed by atoms with E-state index in [1.165, 1.54) is 12.1 Å². The number of likely N-dealkylation sites (tertiary alicyclic amines) is 1. The molecule has 1 aliphatic rings. The normalized spacial score (nSPS) is 15.2. The maximum atomic E-state index is 13.1. The molecule has 0 saturated carbocycles. The van der Waals surface area contributed by atoms with Gasteiger partial charge in [0, 0.05) is 31.2 Å². The van der Waals surface area contributed by atoms with Crippen LogP contribution in [0.1, 0.15) is 34.5 Å². The van der Waals surface area contributed by atoms with E-state index in [1.54, 1.807) is 24.3 Å². The molecule has 36 heavy (non-hydrogen) atoms. The number of amides is 1. The molecule has 2 heterocycles. The predicted octanol–water partition coefficient (Wildman–Crippen LogP) is 5.71. The number of carbonyl (C=O) groups excluding carboxylic acids is 1. The van der Waals surface area contributed by atoms with Gasteiger partial charge in [-0.05, 0) is 54.3 Å². The van der Waals surface area contributed by atoms with Crippen molar-refractivity contribution in [1.82, 2.24) is 20.2 Å². The third kappa shape index (κ3) is 5.39. The van der Waals surface area contributed by atoms with Gasteiger partial charge in [0.15, 0.2) is 0 Å². The average molecular weight is 491 g/mol. The highest BCUT2D eigenvalue weighted by Gasteiger charge is 2.30. The van der Waals surface area contributed by atoms with Crippen LogP contribution < -0.4 is 5.32 Å². The number of fused-ring (bicyclic) bond motifs is 1. The molecule has 8 heteroatoms. The fraction of sp³-hybridized carbons (Fsp3) is 0.250. The minimum absolute atomic E-state index is 0.0251. The number of halogens is 3. The van der Waals surface area contributed by atoms with Crippen molar-refractivity contribution < 1.29 is 18.0 Å². The molecule has 1 saturated heterocycles. The minimum Gasteiger partial charge on any atom is -0.349 e. The third-order valence-electron chi connectivity index (χ3n) is 6.50. The maximum Gasteiger partial charge on any atom is 0.416 e. The number of alkyl halides is 3. The number of para-hydroxylation sites is 2. The SMILES string of the molecule is O=C(NC1CCN(Cc2cnc3ccccc3n2)CC1)c1ccccc1-c1ccc(C(F)(F)F)cc1. The van der Waals surface area contributed by atoms with E-state index in [-0.39, 0.29) is 11.9 Å². The highest BCUT2D eigenvalue weighted by atomic mass is 19.4. The van der Waals surface area contributed by atoms with Crippen molar-refractivity contribution >= 4 is 16.9 Å². The van der Waals surface area contributed by atoms with E-state index >= 15 is 0 Å². The average Bonchev–Trinajstić information content (AvgIpc) is 2.89. The van der Waals surface area contributed by atoms with Crippen molar-refractivity contribution in [2.75, 3.05) is 13.1 Å². The molecule has 1 aliphatic heterocycles. The molecule has 5 rings (SSSR count). The molecular formula is C28H25F3N4O. The lowest BCUT2D eigenvalue weighted by Crippen LogP contribution is -2.44. The van der Waals surface area contributed by atoms with Gasteiger partial charge < -0.3 is 5.32 Å². The van der Waals surface area contributed by atoms with Crippen LogP contribution in [0.2, 0.25) is 0 Å². The Labute approximate surface area is 207 Å². The second-order valence-corrected chi connectivity index (χ2v) is 8.99. The first-order valence-corrected chi connectivity index (χ1v) is 11.9. The van der Waals surface area contributed by atoms with Crippen LogP contribution in [0.15, 0.2) is 79.0 Å². The number of hydrogen-bond acceptors (Lipinski definition) is 4. The Morgan fingerprint density at radius 1 is 0.917 bits per heavy atom. The first-order valence-electron chi connectivity index (χ1n) is 11.9. The summed E-state index contributed by atoms with van der Waals surface area (Å²) >= 11 is 0. The van der Waals surface area contributed by atoms with Crippen LogP contribution in [0.25, 0.3) is 22.2 Å². The summed E-state index contributed by atoms with van der Waals surface area (Å²) in [6.07, 6.45) is -0.982. The van der Waals surface area contributed by atoms with E-state index in [1.807, 2.05) is 30.5 Å². The van der Waals surface area contributed by atoms with Crippen molar-refractivity contribution in [2.45, 2.75) is 31.6 Å². The van der Waals surface area contributed by atoms with Crippen LogP contribution in [0.3, 0.4) is 0 Å². The quantitative estimate of drug-likeness (QED) is 0.389. The molecule has 0 radical (unpaired) electrons.